The molecule has 0 aromatic heterocycles. The molecule has 0 amide bonds. The number of aromatic hydroxyl groups is 3. The molecule has 0 saturated carbocycles. The van der Waals surface area contributed by atoms with Gasteiger partial charge in [0.2, 0.25) is 0 Å². The van der Waals surface area contributed by atoms with Crippen molar-refractivity contribution in [3.63, 3.8) is 0 Å². The van der Waals surface area contributed by atoms with Gasteiger partial charge in [0.25, 0.3) is 0 Å². The average molecular weight is 300 g/mol. The molecule has 5 nitrogen and oxygen atoms in total. The second kappa shape index (κ2) is 6.67. The summed E-state index contributed by atoms with van der Waals surface area (Å²) in [6.45, 7) is 2.33. The van der Waals surface area contributed by atoms with E-state index < -0.39 is 5.78 Å². The van der Waals surface area contributed by atoms with Crippen molar-refractivity contribution in [1.82, 2.24) is 0 Å². The highest BCUT2D eigenvalue weighted by molar-refractivity contribution is 6.08. The summed E-state index contributed by atoms with van der Waals surface area (Å²) < 4.78 is 5.26. The Morgan fingerprint density at radius 2 is 1.86 bits per heavy atom. The Bertz CT molecular complexity index is 719. The van der Waals surface area contributed by atoms with E-state index in [-0.39, 0.29) is 22.8 Å². The van der Waals surface area contributed by atoms with E-state index in [1.165, 1.54) is 30.4 Å². The van der Waals surface area contributed by atoms with Crippen LogP contribution in [0, 0.1) is 0 Å². The van der Waals surface area contributed by atoms with Crippen molar-refractivity contribution in [2.75, 3.05) is 6.61 Å². The smallest absolute Gasteiger partial charge is 0.189 e. The monoisotopic (exact) mass is 300 g/mol. The van der Waals surface area contributed by atoms with E-state index in [0.29, 0.717) is 17.9 Å². The van der Waals surface area contributed by atoms with E-state index in [1.54, 1.807) is 12.1 Å². The fourth-order valence-corrected chi connectivity index (χ4v) is 1.90. The number of ketones is 1. The summed E-state index contributed by atoms with van der Waals surface area (Å²) in [5.41, 5.74) is 0.523. The summed E-state index contributed by atoms with van der Waals surface area (Å²) in [7, 11) is 0. The van der Waals surface area contributed by atoms with Crippen molar-refractivity contribution in [3.8, 4) is 23.0 Å². The molecule has 114 valence electrons. The molecule has 0 bridgehead atoms. The Balaban J connectivity index is 2.19. The largest absolute Gasteiger partial charge is 0.508 e. The first kappa shape index (κ1) is 15.4. The first-order chi connectivity index (χ1) is 10.5. The number of ether oxygens (including phenoxy) is 1. The highest BCUT2D eigenvalue weighted by Crippen LogP contribution is 2.26. The summed E-state index contributed by atoms with van der Waals surface area (Å²) in [6.07, 6.45) is 2.68. The number of hydrogen-bond acceptors (Lipinski definition) is 5. The summed E-state index contributed by atoms with van der Waals surface area (Å²) in [5, 5.41) is 28.7. The topological polar surface area (TPSA) is 87.0 Å². The van der Waals surface area contributed by atoms with E-state index in [2.05, 4.69) is 0 Å². The van der Waals surface area contributed by atoms with Crippen molar-refractivity contribution in [2.24, 2.45) is 0 Å². The molecule has 3 N–H and O–H groups in total. The van der Waals surface area contributed by atoms with E-state index in [1.807, 2.05) is 6.92 Å². The van der Waals surface area contributed by atoms with Gasteiger partial charge in [-0.1, -0.05) is 0 Å². The van der Waals surface area contributed by atoms with Crippen LogP contribution in [0.1, 0.15) is 22.8 Å². The van der Waals surface area contributed by atoms with Crippen LogP contribution in [0.4, 0.5) is 0 Å². The van der Waals surface area contributed by atoms with Gasteiger partial charge in [0.1, 0.15) is 23.0 Å². The van der Waals surface area contributed by atoms with Gasteiger partial charge in [-0.15, -0.1) is 0 Å². The summed E-state index contributed by atoms with van der Waals surface area (Å²) in [6, 6.07) is 8.51. The van der Waals surface area contributed by atoms with Crippen LogP contribution in [0.2, 0.25) is 0 Å². The number of rotatable bonds is 5. The van der Waals surface area contributed by atoms with Gasteiger partial charge in [-0.25, -0.2) is 0 Å². The molecule has 0 aliphatic heterocycles. The SMILES string of the molecule is CCOc1ccc(C=CC(=O)c2ccc(O)cc2O)c(O)c1. The van der Waals surface area contributed by atoms with Gasteiger partial charge < -0.3 is 20.1 Å². The van der Waals surface area contributed by atoms with Crippen LogP contribution in [0.15, 0.2) is 42.5 Å². The molecule has 0 aliphatic rings. The standard InChI is InChI=1S/C17H16O5/c1-2-22-13-6-3-11(16(20)10-13)4-8-15(19)14-7-5-12(18)9-17(14)21/h3-10,18,20-21H,2H2,1H3. The second-order valence-corrected chi connectivity index (χ2v) is 4.55. The average Bonchev–Trinajstić information content (AvgIpc) is 2.46. The summed E-state index contributed by atoms with van der Waals surface area (Å²) >= 11 is 0. The summed E-state index contributed by atoms with van der Waals surface area (Å²) in [5.74, 6) is -0.330. The highest BCUT2D eigenvalue weighted by atomic mass is 16.5. The van der Waals surface area contributed by atoms with Gasteiger partial charge in [-0.05, 0) is 43.3 Å². The molecule has 0 aliphatic carbocycles. The minimum absolute atomic E-state index is 0.00933. The first-order valence-corrected chi connectivity index (χ1v) is 6.71. The Hall–Kier alpha value is -2.95. The number of allylic oxidation sites excluding steroid dienone is 1. The highest BCUT2D eigenvalue weighted by Gasteiger charge is 2.09. The molecule has 2 aromatic carbocycles. The van der Waals surface area contributed by atoms with Crippen LogP contribution in [0.25, 0.3) is 6.08 Å². The Morgan fingerprint density at radius 1 is 1.09 bits per heavy atom. The normalized spacial score (nSPS) is 10.8. The molecule has 5 heteroatoms. The third-order valence-corrected chi connectivity index (χ3v) is 2.97. The molecule has 0 radical (unpaired) electrons. The molecule has 0 fully saturated rings. The minimum Gasteiger partial charge on any atom is -0.508 e. The lowest BCUT2D eigenvalue weighted by atomic mass is 10.1. The lowest BCUT2D eigenvalue weighted by Gasteiger charge is -2.05. The fourth-order valence-electron chi connectivity index (χ4n) is 1.90. The van der Waals surface area contributed by atoms with Crippen LogP contribution in [-0.4, -0.2) is 27.7 Å². The first-order valence-electron chi connectivity index (χ1n) is 6.71. The number of benzene rings is 2. The van der Waals surface area contributed by atoms with Crippen LogP contribution in [0.3, 0.4) is 0 Å². The zero-order valence-corrected chi connectivity index (χ0v) is 12.0. The Labute approximate surface area is 127 Å². The molecule has 0 spiro atoms. The Kier molecular flexibility index (Phi) is 4.68. The van der Waals surface area contributed by atoms with Crippen LogP contribution >= 0.6 is 0 Å². The molecular formula is C17H16O5. The quantitative estimate of drug-likeness (QED) is 0.583. The van der Waals surface area contributed by atoms with Crippen LogP contribution in [-0.2, 0) is 0 Å². The molecule has 2 rings (SSSR count). The predicted octanol–water partition coefficient (Wildman–Crippen LogP) is 3.10. The molecular weight excluding hydrogens is 284 g/mol. The predicted molar refractivity (Wildman–Crippen MR) is 82.4 cm³/mol. The van der Waals surface area contributed by atoms with Crippen molar-refractivity contribution in [1.29, 1.82) is 0 Å². The van der Waals surface area contributed by atoms with Crippen molar-refractivity contribution in [3.05, 3.63) is 53.6 Å². The van der Waals surface area contributed by atoms with Crippen molar-refractivity contribution < 1.29 is 24.9 Å². The number of hydrogen-bond donors (Lipinski definition) is 3. The van der Waals surface area contributed by atoms with Crippen LogP contribution in [0.5, 0.6) is 23.0 Å². The van der Waals surface area contributed by atoms with Gasteiger partial charge in [0, 0.05) is 17.7 Å². The van der Waals surface area contributed by atoms with Crippen molar-refractivity contribution >= 4 is 11.9 Å². The van der Waals surface area contributed by atoms with Gasteiger partial charge in [-0.2, -0.15) is 0 Å². The number of phenols is 3. The maximum atomic E-state index is 12.0. The molecule has 0 atom stereocenters. The third kappa shape index (κ3) is 3.58. The molecule has 2 aromatic rings. The number of carbonyl (C=O) groups is 1. The molecule has 22 heavy (non-hydrogen) atoms. The van der Waals surface area contributed by atoms with Gasteiger partial charge in [0.05, 0.1) is 12.2 Å². The summed E-state index contributed by atoms with van der Waals surface area (Å²) in [4.78, 5) is 12.0. The molecule has 0 unspecified atom stereocenters. The fraction of sp³-hybridized carbons (Fsp3) is 0.118. The minimum atomic E-state index is -0.439. The van der Waals surface area contributed by atoms with Crippen LogP contribution < -0.4 is 4.74 Å². The lowest BCUT2D eigenvalue weighted by molar-refractivity contribution is 0.104. The zero-order chi connectivity index (χ0) is 16.1. The zero-order valence-electron chi connectivity index (χ0n) is 12.0. The van der Waals surface area contributed by atoms with Crippen molar-refractivity contribution in [2.45, 2.75) is 6.92 Å². The second-order valence-electron chi connectivity index (χ2n) is 4.55. The van der Waals surface area contributed by atoms with E-state index in [9.17, 15) is 20.1 Å². The maximum Gasteiger partial charge on any atom is 0.189 e. The lowest BCUT2D eigenvalue weighted by Crippen LogP contribution is -1.94. The molecule has 0 heterocycles. The third-order valence-electron chi connectivity index (χ3n) is 2.97. The van der Waals surface area contributed by atoms with E-state index in [4.69, 9.17) is 4.74 Å². The van der Waals surface area contributed by atoms with E-state index >= 15 is 0 Å². The number of carbonyl (C=O) groups excluding carboxylic acids is 1. The maximum absolute atomic E-state index is 12.0. The number of phenolic OH excluding ortho intramolecular Hbond substituents is 3. The van der Waals surface area contributed by atoms with Gasteiger partial charge in [0.15, 0.2) is 5.78 Å². The van der Waals surface area contributed by atoms with E-state index in [0.717, 1.165) is 6.07 Å². The Morgan fingerprint density at radius 3 is 2.50 bits per heavy atom. The van der Waals surface area contributed by atoms with Gasteiger partial charge in [-0.3, -0.25) is 4.79 Å². The molecule has 0 saturated heterocycles. The van der Waals surface area contributed by atoms with Gasteiger partial charge >= 0.3 is 0 Å².